The van der Waals surface area contributed by atoms with Gasteiger partial charge in [0.1, 0.15) is 11.5 Å². The van der Waals surface area contributed by atoms with Crippen molar-refractivity contribution in [2.24, 2.45) is 7.05 Å². The Balaban J connectivity index is 1.59. The minimum Gasteiger partial charge on any atom is -0.497 e. The van der Waals surface area contributed by atoms with Gasteiger partial charge in [-0.2, -0.15) is 10.1 Å². The smallest absolute Gasteiger partial charge is 0.227 e. The Morgan fingerprint density at radius 2 is 1.89 bits per heavy atom. The van der Waals surface area contributed by atoms with Gasteiger partial charge in [-0.05, 0) is 50.0 Å². The molecule has 0 spiro atoms. The van der Waals surface area contributed by atoms with Gasteiger partial charge in [0.05, 0.1) is 14.2 Å². The number of hydrogen-bond donors (Lipinski definition) is 2. The van der Waals surface area contributed by atoms with Crippen molar-refractivity contribution >= 4 is 11.9 Å². The van der Waals surface area contributed by atoms with Gasteiger partial charge in [-0.1, -0.05) is 0 Å². The molecule has 0 saturated carbocycles. The average Bonchev–Trinajstić information content (AvgIpc) is 3.07. The van der Waals surface area contributed by atoms with Crippen molar-refractivity contribution in [1.82, 2.24) is 20.1 Å². The Morgan fingerprint density at radius 1 is 1.22 bits per heavy atom. The number of methoxy groups -OCH3 is 2. The van der Waals surface area contributed by atoms with Gasteiger partial charge in [0, 0.05) is 25.5 Å². The molecule has 3 rings (SSSR count). The predicted octanol–water partition coefficient (Wildman–Crippen LogP) is 1.87. The molecule has 0 atom stereocenters. The van der Waals surface area contributed by atoms with E-state index in [4.69, 9.17) is 9.47 Å². The second-order valence-electron chi connectivity index (χ2n) is 6.71. The van der Waals surface area contributed by atoms with Gasteiger partial charge in [0.25, 0.3) is 0 Å². The number of carbonyl (C=O) groups excluding carboxylic acids is 1. The summed E-state index contributed by atoms with van der Waals surface area (Å²) in [5.41, 5.74) is 0.981. The van der Waals surface area contributed by atoms with E-state index < -0.39 is 0 Å². The molecule has 2 heterocycles. The van der Waals surface area contributed by atoms with Gasteiger partial charge in [-0.3, -0.25) is 10.1 Å². The molecule has 1 aromatic heterocycles. The van der Waals surface area contributed by atoms with Crippen LogP contribution in [0.3, 0.4) is 0 Å². The third-order valence-corrected chi connectivity index (χ3v) is 4.79. The molecule has 2 aromatic rings. The summed E-state index contributed by atoms with van der Waals surface area (Å²) >= 11 is 0. The molecule has 1 aliphatic rings. The first kappa shape index (κ1) is 19.2. The molecule has 1 saturated heterocycles. The number of piperidine rings is 1. The summed E-state index contributed by atoms with van der Waals surface area (Å²) < 4.78 is 12.2. The molecule has 1 fully saturated rings. The number of aromatic nitrogens is 3. The van der Waals surface area contributed by atoms with Gasteiger partial charge in [0.2, 0.25) is 11.9 Å². The van der Waals surface area contributed by atoms with Crippen LogP contribution in [0.4, 0.5) is 5.95 Å². The van der Waals surface area contributed by atoms with Crippen LogP contribution >= 0.6 is 0 Å². The number of rotatable bonds is 7. The normalized spacial score (nSPS) is 14.8. The number of aryl methyl sites for hydroxylation is 2. The van der Waals surface area contributed by atoms with Crippen molar-refractivity contribution in [3.63, 3.8) is 0 Å². The first-order chi connectivity index (χ1) is 13.1. The number of ether oxygens (including phenoxy) is 2. The summed E-state index contributed by atoms with van der Waals surface area (Å²) in [6.07, 6.45) is 2.97. The van der Waals surface area contributed by atoms with E-state index in [2.05, 4.69) is 20.7 Å². The number of amides is 1. The monoisotopic (exact) mass is 373 g/mol. The zero-order chi connectivity index (χ0) is 19.2. The molecule has 1 aromatic carbocycles. The zero-order valence-corrected chi connectivity index (χ0v) is 16.1. The van der Waals surface area contributed by atoms with E-state index in [1.165, 1.54) is 0 Å². The van der Waals surface area contributed by atoms with Gasteiger partial charge >= 0.3 is 0 Å². The SMILES string of the molecule is COc1cc(CCC(=O)Nc2nc(C3CCNCC3)nn2C)cc(OC)c1. The topological polar surface area (TPSA) is 90.3 Å². The van der Waals surface area contributed by atoms with Crippen LogP contribution in [-0.2, 0) is 18.3 Å². The zero-order valence-electron chi connectivity index (χ0n) is 16.1. The third-order valence-electron chi connectivity index (χ3n) is 4.79. The van der Waals surface area contributed by atoms with E-state index in [0.717, 1.165) is 37.3 Å². The standard InChI is InChI=1S/C19H27N5O3/c1-24-19(22-18(23-24)14-6-8-20-9-7-14)21-17(25)5-4-13-10-15(26-2)12-16(11-13)27-3/h10-12,14,20H,4-9H2,1-3H3,(H,21,22,23,25). The lowest BCUT2D eigenvalue weighted by Crippen LogP contribution is -2.27. The Morgan fingerprint density at radius 3 is 2.52 bits per heavy atom. The molecule has 0 radical (unpaired) electrons. The fourth-order valence-corrected chi connectivity index (χ4v) is 3.22. The van der Waals surface area contributed by atoms with Crippen LogP contribution in [-0.4, -0.2) is 48.0 Å². The maximum Gasteiger partial charge on any atom is 0.227 e. The Kier molecular flexibility index (Phi) is 6.28. The van der Waals surface area contributed by atoms with Gasteiger partial charge in [0.15, 0.2) is 5.82 Å². The first-order valence-corrected chi connectivity index (χ1v) is 9.22. The second-order valence-corrected chi connectivity index (χ2v) is 6.71. The molecule has 0 aliphatic carbocycles. The number of anilines is 1. The first-order valence-electron chi connectivity index (χ1n) is 9.22. The van der Waals surface area contributed by atoms with Crippen molar-refractivity contribution < 1.29 is 14.3 Å². The highest BCUT2D eigenvalue weighted by molar-refractivity contribution is 5.89. The van der Waals surface area contributed by atoms with Crippen LogP contribution in [0.2, 0.25) is 0 Å². The molecule has 146 valence electrons. The van der Waals surface area contributed by atoms with E-state index in [-0.39, 0.29) is 5.91 Å². The molecule has 0 unspecified atom stereocenters. The minimum atomic E-state index is -0.0934. The fraction of sp³-hybridized carbons (Fsp3) is 0.526. The average molecular weight is 373 g/mol. The molecular formula is C19H27N5O3. The molecule has 2 N–H and O–H groups in total. The van der Waals surface area contributed by atoms with Crippen LogP contribution in [0, 0.1) is 0 Å². The maximum atomic E-state index is 12.4. The summed E-state index contributed by atoms with van der Waals surface area (Å²) in [6, 6.07) is 5.63. The lowest BCUT2D eigenvalue weighted by atomic mass is 9.98. The largest absolute Gasteiger partial charge is 0.497 e. The Bertz CT molecular complexity index is 761. The summed E-state index contributed by atoms with van der Waals surface area (Å²) in [7, 11) is 5.03. The van der Waals surface area contributed by atoms with E-state index in [1.807, 2.05) is 18.2 Å². The lowest BCUT2D eigenvalue weighted by Gasteiger charge is -2.19. The van der Waals surface area contributed by atoms with Crippen LogP contribution < -0.4 is 20.1 Å². The lowest BCUT2D eigenvalue weighted by molar-refractivity contribution is -0.116. The molecule has 8 heteroatoms. The summed E-state index contributed by atoms with van der Waals surface area (Å²) in [4.78, 5) is 16.9. The van der Waals surface area contributed by atoms with Crippen molar-refractivity contribution in [1.29, 1.82) is 0 Å². The number of nitrogens with zero attached hydrogens (tertiary/aromatic N) is 3. The number of carbonyl (C=O) groups is 1. The van der Waals surface area contributed by atoms with E-state index >= 15 is 0 Å². The highest BCUT2D eigenvalue weighted by Crippen LogP contribution is 2.24. The number of hydrogen-bond acceptors (Lipinski definition) is 6. The van der Waals surface area contributed by atoms with Gasteiger partial charge in [-0.15, -0.1) is 0 Å². The Hall–Kier alpha value is -2.61. The van der Waals surface area contributed by atoms with Crippen LogP contribution in [0.1, 0.15) is 36.6 Å². The Labute approximate surface area is 159 Å². The molecule has 1 amide bonds. The second kappa shape index (κ2) is 8.85. The minimum absolute atomic E-state index is 0.0934. The summed E-state index contributed by atoms with van der Waals surface area (Å²) in [6.45, 7) is 1.96. The predicted molar refractivity (Wildman–Crippen MR) is 102 cm³/mol. The number of nitrogens with one attached hydrogen (secondary N) is 2. The van der Waals surface area contributed by atoms with Gasteiger partial charge in [-0.25, -0.2) is 4.68 Å². The van der Waals surface area contributed by atoms with E-state index in [1.54, 1.807) is 25.9 Å². The summed E-state index contributed by atoms with van der Waals surface area (Å²) in [5, 5.41) is 10.7. The van der Waals surface area contributed by atoms with Crippen molar-refractivity contribution in [2.45, 2.75) is 31.6 Å². The van der Waals surface area contributed by atoms with Crippen LogP contribution in [0.5, 0.6) is 11.5 Å². The molecule has 1 aliphatic heterocycles. The van der Waals surface area contributed by atoms with E-state index in [9.17, 15) is 4.79 Å². The maximum absolute atomic E-state index is 12.4. The van der Waals surface area contributed by atoms with Crippen LogP contribution in [0.15, 0.2) is 18.2 Å². The molecule has 27 heavy (non-hydrogen) atoms. The van der Waals surface area contributed by atoms with Crippen LogP contribution in [0.25, 0.3) is 0 Å². The van der Waals surface area contributed by atoms with E-state index in [0.29, 0.717) is 36.2 Å². The molecular weight excluding hydrogens is 346 g/mol. The third kappa shape index (κ3) is 4.97. The highest BCUT2D eigenvalue weighted by Gasteiger charge is 2.21. The fourth-order valence-electron chi connectivity index (χ4n) is 3.22. The summed E-state index contributed by atoms with van der Waals surface area (Å²) in [5.74, 6) is 2.99. The van der Waals surface area contributed by atoms with Gasteiger partial charge < -0.3 is 14.8 Å². The highest BCUT2D eigenvalue weighted by atomic mass is 16.5. The molecule has 8 nitrogen and oxygen atoms in total. The van der Waals surface area contributed by atoms with Crippen molar-refractivity contribution in [3.05, 3.63) is 29.6 Å². The number of benzene rings is 1. The molecule has 0 bridgehead atoms. The van der Waals surface area contributed by atoms with Crippen molar-refractivity contribution in [3.8, 4) is 11.5 Å². The van der Waals surface area contributed by atoms with Crippen molar-refractivity contribution in [2.75, 3.05) is 32.6 Å². The quantitative estimate of drug-likeness (QED) is 0.770.